The highest BCUT2D eigenvalue weighted by Gasteiger charge is 2.53. The standard InChI is InChI=1S/C58H35NO/c1-2-15-36(16-3-1)56-47-24-9-8-23-46(47)55-57(59-56)48-25-10-11-26-50(48)58(55)51-27-12-13-28-53(51)60-54-32-30-40(35-52(54)58)38-18-14-17-37(33-38)39-29-31-45-43-21-5-4-19-41(43)42-20-6-7-22-44(42)49(45)34-39/h1-35H. The van der Waals surface area contributed by atoms with Gasteiger partial charge < -0.3 is 4.74 Å². The topological polar surface area (TPSA) is 22.1 Å². The van der Waals surface area contributed by atoms with E-state index < -0.39 is 5.41 Å². The zero-order chi connectivity index (χ0) is 39.4. The summed E-state index contributed by atoms with van der Waals surface area (Å²) < 4.78 is 6.87. The molecule has 0 N–H and O–H groups in total. The number of para-hydroxylation sites is 1. The van der Waals surface area contributed by atoms with E-state index in [4.69, 9.17) is 9.72 Å². The summed E-state index contributed by atoms with van der Waals surface area (Å²) in [5, 5.41) is 10.0. The van der Waals surface area contributed by atoms with Gasteiger partial charge in [0.05, 0.1) is 16.8 Å². The number of aromatic nitrogens is 1. The fraction of sp³-hybridized carbons (Fsp3) is 0.0172. The van der Waals surface area contributed by atoms with Gasteiger partial charge in [0.1, 0.15) is 11.5 Å². The first-order valence-corrected chi connectivity index (χ1v) is 20.7. The van der Waals surface area contributed by atoms with Crippen LogP contribution in [0.2, 0.25) is 0 Å². The number of nitrogens with zero attached hydrogens (tertiary/aromatic N) is 1. The molecule has 10 aromatic carbocycles. The fourth-order valence-electron chi connectivity index (χ4n) is 10.6. The van der Waals surface area contributed by atoms with Gasteiger partial charge in [-0.15, -0.1) is 0 Å². The Morgan fingerprint density at radius 3 is 1.57 bits per heavy atom. The summed E-state index contributed by atoms with van der Waals surface area (Å²) >= 11 is 0. The number of fused-ring (bicyclic) bond motifs is 17. The van der Waals surface area contributed by atoms with Gasteiger partial charge in [-0.1, -0.05) is 182 Å². The lowest BCUT2D eigenvalue weighted by Crippen LogP contribution is -2.32. The normalized spacial score (nSPS) is 14.9. The number of hydrogen-bond donors (Lipinski definition) is 0. The summed E-state index contributed by atoms with van der Waals surface area (Å²) in [6, 6.07) is 77.2. The van der Waals surface area contributed by atoms with E-state index in [0.717, 1.165) is 61.7 Å². The van der Waals surface area contributed by atoms with Gasteiger partial charge in [-0.05, 0) is 95.9 Å². The molecule has 60 heavy (non-hydrogen) atoms. The molecule has 0 fully saturated rings. The summed E-state index contributed by atoms with van der Waals surface area (Å²) in [5.74, 6) is 1.73. The third-order valence-electron chi connectivity index (χ3n) is 13.1. The van der Waals surface area contributed by atoms with Crippen LogP contribution in [-0.2, 0) is 5.41 Å². The molecule has 2 nitrogen and oxygen atoms in total. The van der Waals surface area contributed by atoms with Crippen molar-refractivity contribution in [2.75, 3.05) is 0 Å². The number of benzene rings is 10. The van der Waals surface area contributed by atoms with Crippen molar-refractivity contribution in [2.24, 2.45) is 0 Å². The van der Waals surface area contributed by atoms with Crippen LogP contribution in [0.4, 0.5) is 0 Å². The Hall–Kier alpha value is -7.81. The first kappa shape index (κ1) is 33.2. The summed E-state index contributed by atoms with van der Waals surface area (Å²) in [6.45, 7) is 0. The lowest BCUT2D eigenvalue weighted by Gasteiger charge is -2.40. The fourth-order valence-corrected chi connectivity index (χ4v) is 10.6. The van der Waals surface area contributed by atoms with E-state index in [-0.39, 0.29) is 0 Å². The van der Waals surface area contributed by atoms with Crippen molar-refractivity contribution in [1.82, 2.24) is 4.98 Å². The summed E-state index contributed by atoms with van der Waals surface area (Å²) in [5.41, 5.74) is 13.0. The molecule has 1 aliphatic heterocycles. The predicted octanol–water partition coefficient (Wildman–Crippen LogP) is 15.2. The number of pyridine rings is 1. The molecule has 0 radical (unpaired) electrons. The van der Waals surface area contributed by atoms with Gasteiger partial charge in [0.25, 0.3) is 0 Å². The van der Waals surface area contributed by atoms with Crippen LogP contribution in [0.5, 0.6) is 11.5 Å². The molecular formula is C58H35NO. The van der Waals surface area contributed by atoms with Crippen molar-refractivity contribution in [3.05, 3.63) is 235 Å². The van der Waals surface area contributed by atoms with E-state index in [1.165, 1.54) is 60.0 Å². The van der Waals surface area contributed by atoms with Crippen LogP contribution >= 0.6 is 0 Å². The van der Waals surface area contributed by atoms with Crippen molar-refractivity contribution in [1.29, 1.82) is 0 Å². The molecule has 0 saturated heterocycles. The molecule has 278 valence electrons. The average molecular weight is 762 g/mol. The largest absolute Gasteiger partial charge is 0.457 e. The smallest absolute Gasteiger partial charge is 0.132 e. The van der Waals surface area contributed by atoms with Crippen LogP contribution < -0.4 is 4.74 Å². The molecular weight excluding hydrogens is 727 g/mol. The zero-order valence-corrected chi connectivity index (χ0v) is 32.6. The van der Waals surface area contributed by atoms with Crippen LogP contribution in [0.15, 0.2) is 212 Å². The third kappa shape index (κ3) is 4.56. The highest BCUT2D eigenvalue weighted by Crippen LogP contribution is 2.63. The minimum atomic E-state index is -0.673. The molecule has 1 spiro atoms. The Balaban J connectivity index is 1.04. The van der Waals surface area contributed by atoms with Crippen LogP contribution in [-0.4, -0.2) is 4.98 Å². The number of ether oxygens (including phenoxy) is 1. The van der Waals surface area contributed by atoms with E-state index in [2.05, 4.69) is 212 Å². The summed E-state index contributed by atoms with van der Waals surface area (Å²) in [4.78, 5) is 5.63. The predicted molar refractivity (Wildman–Crippen MR) is 248 cm³/mol. The van der Waals surface area contributed by atoms with E-state index in [1.807, 2.05) is 0 Å². The van der Waals surface area contributed by atoms with Crippen molar-refractivity contribution >= 4 is 43.1 Å². The molecule has 1 aromatic heterocycles. The first-order chi connectivity index (χ1) is 29.8. The third-order valence-corrected chi connectivity index (χ3v) is 13.1. The van der Waals surface area contributed by atoms with Gasteiger partial charge in [0.15, 0.2) is 0 Å². The molecule has 13 rings (SSSR count). The van der Waals surface area contributed by atoms with Crippen molar-refractivity contribution < 1.29 is 4.74 Å². The Labute approximate surface area is 347 Å². The lowest BCUT2D eigenvalue weighted by atomic mass is 9.65. The molecule has 1 atom stereocenters. The second kappa shape index (κ2) is 12.6. The lowest BCUT2D eigenvalue weighted by molar-refractivity contribution is 0.437. The van der Waals surface area contributed by atoms with E-state index >= 15 is 0 Å². The maximum Gasteiger partial charge on any atom is 0.132 e. The Morgan fingerprint density at radius 2 is 0.817 bits per heavy atom. The zero-order valence-electron chi connectivity index (χ0n) is 32.6. The molecule has 1 aliphatic carbocycles. The number of hydrogen-bond acceptors (Lipinski definition) is 2. The van der Waals surface area contributed by atoms with Crippen molar-refractivity contribution in [3.8, 4) is 56.3 Å². The Kier molecular flexibility index (Phi) is 6.97. The van der Waals surface area contributed by atoms with Gasteiger partial charge in [-0.2, -0.15) is 0 Å². The Bertz CT molecular complexity index is 3550. The highest BCUT2D eigenvalue weighted by molar-refractivity contribution is 6.25. The first-order valence-electron chi connectivity index (χ1n) is 20.7. The van der Waals surface area contributed by atoms with E-state index in [9.17, 15) is 0 Å². The monoisotopic (exact) mass is 761 g/mol. The summed E-state index contributed by atoms with van der Waals surface area (Å²) in [6.07, 6.45) is 0. The van der Waals surface area contributed by atoms with Crippen LogP contribution in [0.25, 0.3) is 87.9 Å². The van der Waals surface area contributed by atoms with Gasteiger partial charge in [0.2, 0.25) is 0 Å². The van der Waals surface area contributed by atoms with Crippen LogP contribution in [0.1, 0.15) is 22.3 Å². The van der Waals surface area contributed by atoms with Crippen LogP contribution in [0.3, 0.4) is 0 Å². The maximum absolute atomic E-state index is 6.87. The maximum atomic E-state index is 6.87. The molecule has 0 amide bonds. The van der Waals surface area contributed by atoms with Gasteiger partial charge in [-0.3, -0.25) is 0 Å². The second-order valence-electron chi connectivity index (χ2n) is 16.1. The summed E-state index contributed by atoms with van der Waals surface area (Å²) in [7, 11) is 0. The molecule has 2 aliphatic rings. The molecule has 11 aromatic rings. The quantitative estimate of drug-likeness (QED) is 0.167. The minimum Gasteiger partial charge on any atom is -0.457 e. The highest BCUT2D eigenvalue weighted by atomic mass is 16.5. The SMILES string of the molecule is c1ccc(-c2nc3c(c4ccccc24)C2(c4ccccc4Oc4ccc(-c5cccc(-c6ccc7c8ccccc8c8ccccc8c7c6)c5)cc42)c2ccccc2-3)cc1. The average Bonchev–Trinajstić information content (AvgIpc) is 3.62. The van der Waals surface area contributed by atoms with Crippen molar-refractivity contribution in [3.63, 3.8) is 0 Å². The molecule has 0 bridgehead atoms. The van der Waals surface area contributed by atoms with E-state index in [1.54, 1.807) is 0 Å². The van der Waals surface area contributed by atoms with Crippen molar-refractivity contribution in [2.45, 2.75) is 5.41 Å². The van der Waals surface area contributed by atoms with Gasteiger partial charge in [0, 0.05) is 33.2 Å². The second-order valence-corrected chi connectivity index (χ2v) is 16.1. The molecule has 0 saturated carbocycles. The Morgan fingerprint density at radius 1 is 0.300 bits per heavy atom. The molecule has 2 heterocycles. The molecule has 2 heteroatoms. The van der Waals surface area contributed by atoms with Gasteiger partial charge >= 0.3 is 0 Å². The van der Waals surface area contributed by atoms with Crippen LogP contribution in [0, 0.1) is 0 Å². The molecule has 1 unspecified atom stereocenters. The minimum absolute atomic E-state index is 0.673. The van der Waals surface area contributed by atoms with E-state index in [0.29, 0.717) is 0 Å². The van der Waals surface area contributed by atoms with Gasteiger partial charge in [-0.25, -0.2) is 4.98 Å². The number of rotatable bonds is 3.